The van der Waals surface area contributed by atoms with Crippen molar-refractivity contribution in [2.24, 2.45) is 0 Å². The van der Waals surface area contributed by atoms with Crippen molar-refractivity contribution in [2.45, 2.75) is 18.7 Å². The largest absolute Gasteiger partial charge is 1.00 e. The molecular formula is C26H19BrN3NaO6S. The number of nitrogens with two attached hydrogens (primary N) is 1. The molecule has 0 radical (unpaired) electrons. The zero-order chi connectivity index (χ0) is 26.6. The molecule has 1 aromatic heterocycles. The van der Waals surface area contributed by atoms with Gasteiger partial charge in [-0.1, -0.05) is 24.3 Å². The summed E-state index contributed by atoms with van der Waals surface area (Å²) in [5.41, 5.74) is 8.96. The van der Waals surface area contributed by atoms with Crippen LogP contribution in [0.5, 0.6) is 0 Å². The first-order valence-corrected chi connectivity index (χ1v) is 13.3. The van der Waals surface area contributed by atoms with Gasteiger partial charge in [-0.3, -0.25) is 9.78 Å². The normalized spacial score (nSPS) is 12.1. The molecule has 0 aliphatic heterocycles. The van der Waals surface area contributed by atoms with E-state index in [0.29, 0.717) is 43.4 Å². The van der Waals surface area contributed by atoms with E-state index >= 15 is 0 Å². The molecule has 1 heterocycles. The van der Waals surface area contributed by atoms with Crippen molar-refractivity contribution in [3.05, 3.63) is 75.4 Å². The monoisotopic (exact) mass is 603 g/mol. The number of pyridine rings is 1. The summed E-state index contributed by atoms with van der Waals surface area (Å²) >= 11 is 3.53. The fraction of sp³-hybridized carbons (Fsp3) is 0.115. The number of hydrogen-bond donors (Lipinski definition) is 2. The van der Waals surface area contributed by atoms with Crippen LogP contribution in [0.25, 0.3) is 22.0 Å². The Kier molecular flexibility index (Phi) is 7.72. The van der Waals surface area contributed by atoms with Crippen LogP contribution in [0.1, 0.15) is 38.9 Å². The first-order chi connectivity index (χ1) is 17.5. The number of anilines is 3. The van der Waals surface area contributed by atoms with Crippen LogP contribution in [0.15, 0.2) is 57.9 Å². The first kappa shape index (κ1) is 28.2. The molecule has 0 fully saturated rings. The van der Waals surface area contributed by atoms with Crippen LogP contribution in [0.2, 0.25) is 0 Å². The van der Waals surface area contributed by atoms with Crippen molar-refractivity contribution in [3.8, 4) is 11.1 Å². The van der Waals surface area contributed by atoms with E-state index in [1.54, 1.807) is 44.2 Å². The minimum absolute atomic E-state index is 0. The summed E-state index contributed by atoms with van der Waals surface area (Å²) in [6.07, 6.45) is 0. The zero-order valence-electron chi connectivity index (χ0n) is 20.6. The number of halogens is 1. The Morgan fingerprint density at radius 2 is 1.82 bits per heavy atom. The molecule has 0 amide bonds. The van der Waals surface area contributed by atoms with Gasteiger partial charge in [0, 0.05) is 32.4 Å². The third kappa shape index (κ3) is 4.63. The van der Waals surface area contributed by atoms with Crippen molar-refractivity contribution in [1.82, 2.24) is 4.98 Å². The van der Waals surface area contributed by atoms with Gasteiger partial charge in [-0.25, -0.2) is 13.2 Å². The Balaban J connectivity index is 0.00000336. The summed E-state index contributed by atoms with van der Waals surface area (Å²) in [5.74, 6) is -0.867. The number of nitrogens with zero attached hydrogens (tertiary/aromatic N) is 1. The van der Waals surface area contributed by atoms with Gasteiger partial charge in [0.25, 0.3) is 0 Å². The maximum Gasteiger partial charge on any atom is 1.00 e. The van der Waals surface area contributed by atoms with Crippen LogP contribution in [0.3, 0.4) is 0 Å². The van der Waals surface area contributed by atoms with Gasteiger partial charge in [0.2, 0.25) is 0 Å². The third-order valence-electron chi connectivity index (χ3n) is 6.10. The maximum atomic E-state index is 13.8. The number of carbonyl (C=O) groups is 2. The van der Waals surface area contributed by atoms with Crippen molar-refractivity contribution < 1.29 is 56.9 Å². The Morgan fingerprint density at radius 1 is 1.13 bits per heavy atom. The smallest absolute Gasteiger partial charge is 0.744 e. The summed E-state index contributed by atoms with van der Waals surface area (Å²) in [6, 6.07) is 12.5. The standard InChI is InChI=1S/C26H20BrN3O6S.Na/c1-3-36-26(32)20-12(2)29-24-16(27)11-18(30-13-8-9-17(28)19(10-13)37(33,34)35)22-23(24)21(20)14-6-4-5-7-15(14)25(22)31;/h4-11,30H,3,28H2,1-2H3,(H,33,34,35);/q;+1/p-1. The molecule has 1 aliphatic rings. The van der Waals surface area contributed by atoms with Gasteiger partial charge in [-0.15, -0.1) is 0 Å². The molecule has 1 aliphatic carbocycles. The second kappa shape index (κ2) is 10.4. The van der Waals surface area contributed by atoms with Gasteiger partial charge < -0.3 is 20.3 Å². The number of aromatic nitrogens is 1. The predicted octanol–water partition coefficient (Wildman–Crippen LogP) is 1.93. The van der Waals surface area contributed by atoms with Crippen LogP contribution < -0.4 is 40.6 Å². The molecule has 4 aromatic rings. The van der Waals surface area contributed by atoms with Crippen LogP contribution in [-0.2, 0) is 14.9 Å². The number of fused-ring (bicyclic) bond motifs is 2. The van der Waals surface area contributed by atoms with Crippen LogP contribution >= 0.6 is 15.9 Å². The van der Waals surface area contributed by atoms with Crippen molar-refractivity contribution >= 4 is 65.8 Å². The topological polar surface area (TPSA) is 152 Å². The summed E-state index contributed by atoms with van der Waals surface area (Å²) < 4.78 is 40.9. The van der Waals surface area contributed by atoms with Crippen molar-refractivity contribution in [1.29, 1.82) is 0 Å². The number of ketones is 1. The molecule has 5 rings (SSSR count). The Morgan fingerprint density at radius 3 is 2.47 bits per heavy atom. The molecule has 0 spiro atoms. The second-order valence-electron chi connectivity index (χ2n) is 8.38. The van der Waals surface area contributed by atoms with E-state index in [9.17, 15) is 22.6 Å². The van der Waals surface area contributed by atoms with Crippen LogP contribution in [-0.4, -0.2) is 36.3 Å². The van der Waals surface area contributed by atoms with Gasteiger partial charge in [0.1, 0.15) is 10.1 Å². The van der Waals surface area contributed by atoms with Crippen LogP contribution in [0, 0.1) is 6.92 Å². The fourth-order valence-electron chi connectivity index (χ4n) is 4.60. The maximum absolute atomic E-state index is 13.8. The number of esters is 1. The third-order valence-corrected chi connectivity index (χ3v) is 7.60. The minimum Gasteiger partial charge on any atom is -0.744 e. The fourth-order valence-corrected chi connectivity index (χ4v) is 5.74. The Labute approximate surface area is 249 Å². The molecule has 12 heteroatoms. The van der Waals surface area contributed by atoms with Gasteiger partial charge in [-0.2, -0.15) is 0 Å². The molecular weight excluding hydrogens is 585 g/mol. The molecule has 188 valence electrons. The Hall–Kier alpha value is -2.80. The number of nitrogens with one attached hydrogen (secondary N) is 1. The molecule has 3 N–H and O–H groups in total. The number of carbonyl (C=O) groups excluding carboxylic acids is 2. The van der Waals surface area contributed by atoms with Gasteiger partial charge in [-0.05, 0) is 59.6 Å². The predicted molar refractivity (Wildman–Crippen MR) is 141 cm³/mol. The van der Waals surface area contributed by atoms with E-state index < -0.39 is 21.0 Å². The molecule has 3 aromatic carbocycles. The number of aryl methyl sites for hydroxylation is 1. The average molecular weight is 604 g/mol. The molecule has 0 bridgehead atoms. The SMILES string of the molecule is CCOC(=O)c1c(C)nc2c(Br)cc(Nc3ccc(N)c(S(=O)(=O)[O-])c3)c3c2c1-c1ccccc1C3=O.[Na+]. The van der Waals surface area contributed by atoms with E-state index in [4.69, 9.17) is 10.5 Å². The number of benzene rings is 3. The van der Waals surface area contributed by atoms with E-state index in [2.05, 4.69) is 26.2 Å². The number of nitrogen functional groups attached to an aromatic ring is 1. The quantitative estimate of drug-likeness (QED) is 0.133. The Bertz CT molecular complexity index is 1780. The van der Waals surface area contributed by atoms with E-state index in [-0.39, 0.29) is 64.4 Å². The summed E-state index contributed by atoms with van der Waals surface area (Å²) in [5, 5.41) is 3.50. The number of rotatable bonds is 5. The van der Waals surface area contributed by atoms with Gasteiger partial charge >= 0.3 is 35.5 Å². The minimum atomic E-state index is -4.83. The van der Waals surface area contributed by atoms with Gasteiger partial charge in [0.05, 0.1) is 39.5 Å². The molecule has 0 atom stereocenters. The first-order valence-electron chi connectivity index (χ1n) is 11.1. The summed E-state index contributed by atoms with van der Waals surface area (Å²) in [6.45, 7) is 3.58. The number of hydrogen-bond acceptors (Lipinski definition) is 9. The van der Waals surface area contributed by atoms with E-state index in [1.807, 2.05) is 0 Å². The molecule has 0 saturated carbocycles. The summed E-state index contributed by atoms with van der Waals surface area (Å²) in [4.78, 5) is 30.9. The molecule has 38 heavy (non-hydrogen) atoms. The van der Waals surface area contributed by atoms with Crippen molar-refractivity contribution in [3.63, 3.8) is 0 Å². The van der Waals surface area contributed by atoms with E-state index in [1.165, 1.54) is 12.1 Å². The number of ether oxygens (including phenoxy) is 1. The average Bonchev–Trinajstić information content (AvgIpc) is 2.84. The van der Waals surface area contributed by atoms with Gasteiger partial charge in [0.15, 0.2) is 5.78 Å². The summed E-state index contributed by atoms with van der Waals surface area (Å²) in [7, 11) is -4.83. The zero-order valence-corrected chi connectivity index (χ0v) is 25.0. The second-order valence-corrected chi connectivity index (χ2v) is 10.6. The molecule has 0 unspecified atom stereocenters. The van der Waals surface area contributed by atoms with Crippen LogP contribution in [0.4, 0.5) is 17.1 Å². The molecule has 9 nitrogen and oxygen atoms in total. The van der Waals surface area contributed by atoms with Crippen molar-refractivity contribution in [2.75, 3.05) is 17.7 Å². The molecule has 0 saturated heterocycles. The van der Waals surface area contributed by atoms with E-state index in [0.717, 1.165) is 6.07 Å².